The number of hydrogen-bond donors (Lipinski definition) is 0. The largest absolute Gasteiger partial charge is 0.371 e. The van der Waals surface area contributed by atoms with E-state index in [0.29, 0.717) is 6.61 Å². The third-order valence-corrected chi connectivity index (χ3v) is 2.04. The van der Waals surface area contributed by atoms with Crippen LogP contribution in [0.2, 0.25) is 0 Å². The number of carbonyl (C=O) groups is 3. The summed E-state index contributed by atoms with van der Waals surface area (Å²) in [5, 5.41) is 0. The van der Waals surface area contributed by atoms with E-state index in [0.717, 1.165) is 9.80 Å². The molecule has 0 aromatic rings. The highest BCUT2D eigenvalue weighted by Gasteiger charge is 2.44. The average Bonchev–Trinajstić information content (AvgIpc) is 2.89. The molecule has 6 heteroatoms. The van der Waals surface area contributed by atoms with Crippen molar-refractivity contribution in [3.8, 4) is 0 Å². The van der Waals surface area contributed by atoms with Crippen LogP contribution in [0.5, 0.6) is 0 Å². The molecule has 2 rings (SSSR count). The van der Waals surface area contributed by atoms with E-state index in [-0.39, 0.29) is 12.6 Å². The second-order valence-corrected chi connectivity index (χ2v) is 3.02. The van der Waals surface area contributed by atoms with Crippen molar-refractivity contribution >= 4 is 17.8 Å². The van der Waals surface area contributed by atoms with Gasteiger partial charge < -0.3 is 4.74 Å². The summed E-state index contributed by atoms with van der Waals surface area (Å²) >= 11 is 0. The maximum Gasteiger partial charge on any atom is 0.334 e. The lowest BCUT2D eigenvalue weighted by Gasteiger charge is -2.09. The lowest BCUT2D eigenvalue weighted by Crippen LogP contribution is -2.34. The highest BCUT2D eigenvalue weighted by atomic mass is 16.6. The molecule has 0 aliphatic carbocycles. The molecule has 6 nitrogen and oxygen atoms in total. The van der Waals surface area contributed by atoms with E-state index in [4.69, 9.17) is 4.74 Å². The van der Waals surface area contributed by atoms with E-state index in [9.17, 15) is 14.4 Å². The molecule has 2 aliphatic rings. The standard InChI is InChI=1S/C7H8N2O4/c1-8-5(10)6(11)9(7(8)12)2-4-3-13-4/h4H,2-3H2,1H3. The molecule has 2 fully saturated rings. The van der Waals surface area contributed by atoms with Crippen molar-refractivity contribution < 1.29 is 19.1 Å². The van der Waals surface area contributed by atoms with Gasteiger partial charge in [0.1, 0.15) is 0 Å². The molecule has 2 heterocycles. The Kier molecular flexibility index (Phi) is 1.59. The van der Waals surface area contributed by atoms with Crippen molar-refractivity contribution in [3.63, 3.8) is 0 Å². The molecular weight excluding hydrogens is 176 g/mol. The fraction of sp³-hybridized carbons (Fsp3) is 0.571. The van der Waals surface area contributed by atoms with E-state index < -0.39 is 17.8 Å². The molecule has 0 N–H and O–H groups in total. The SMILES string of the molecule is CN1C(=O)C(=O)N(CC2CO2)C1=O. The summed E-state index contributed by atoms with van der Waals surface area (Å²) in [7, 11) is 1.29. The molecule has 13 heavy (non-hydrogen) atoms. The van der Waals surface area contributed by atoms with Crippen LogP contribution in [0.1, 0.15) is 0 Å². The Morgan fingerprint density at radius 3 is 2.38 bits per heavy atom. The first-order valence-electron chi connectivity index (χ1n) is 3.86. The maximum absolute atomic E-state index is 11.2. The zero-order valence-electron chi connectivity index (χ0n) is 7.02. The van der Waals surface area contributed by atoms with Gasteiger partial charge in [-0.05, 0) is 0 Å². The normalized spacial score (nSPS) is 27.5. The summed E-state index contributed by atoms with van der Waals surface area (Å²) in [5.74, 6) is -1.53. The Hall–Kier alpha value is -1.43. The van der Waals surface area contributed by atoms with Crippen molar-refractivity contribution in [2.24, 2.45) is 0 Å². The number of epoxide rings is 1. The van der Waals surface area contributed by atoms with Crippen LogP contribution in [0, 0.1) is 0 Å². The van der Waals surface area contributed by atoms with Gasteiger partial charge in [0.2, 0.25) is 0 Å². The van der Waals surface area contributed by atoms with E-state index in [2.05, 4.69) is 0 Å². The summed E-state index contributed by atoms with van der Waals surface area (Å²) in [4.78, 5) is 35.1. The number of hydrogen-bond acceptors (Lipinski definition) is 4. The van der Waals surface area contributed by atoms with Gasteiger partial charge >= 0.3 is 17.8 Å². The van der Waals surface area contributed by atoms with E-state index in [1.165, 1.54) is 7.05 Å². The average molecular weight is 184 g/mol. The molecule has 0 spiro atoms. The van der Waals surface area contributed by atoms with Gasteiger partial charge in [-0.1, -0.05) is 0 Å². The van der Waals surface area contributed by atoms with Crippen molar-refractivity contribution in [2.45, 2.75) is 6.10 Å². The molecule has 0 aromatic carbocycles. The number of amides is 4. The van der Waals surface area contributed by atoms with Crippen LogP contribution in [0.15, 0.2) is 0 Å². The minimum atomic E-state index is -0.773. The number of ether oxygens (including phenoxy) is 1. The lowest BCUT2D eigenvalue weighted by atomic mass is 10.4. The number of likely N-dealkylation sites (N-methyl/N-ethyl adjacent to an activating group) is 1. The fourth-order valence-electron chi connectivity index (χ4n) is 1.15. The van der Waals surface area contributed by atoms with Gasteiger partial charge in [0, 0.05) is 7.05 Å². The Morgan fingerprint density at radius 2 is 2.00 bits per heavy atom. The summed E-state index contributed by atoms with van der Waals surface area (Å²) in [6.07, 6.45) is -0.0767. The predicted molar refractivity (Wildman–Crippen MR) is 39.6 cm³/mol. The number of nitrogens with zero attached hydrogens (tertiary/aromatic N) is 2. The molecule has 2 aliphatic heterocycles. The highest BCUT2D eigenvalue weighted by molar-refractivity contribution is 6.44. The minimum absolute atomic E-state index is 0.0767. The van der Waals surface area contributed by atoms with Crippen LogP contribution in [0.4, 0.5) is 4.79 Å². The van der Waals surface area contributed by atoms with Crippen molar-refractivity contribution in [2.75, 3.05) is 20.2 Å². The van der Waals surface area contributed by atoms with Crippen LogP contribution >= 0.6 is 0 Å². The molecule has 2 saturated heterocycles. The monoisotopic (exact) mass is 184 g/mol. The molecule has 1 unspecified atom stereocenters. The van der Waals surface area contributed by atoms with Gasteiger partial charge in [0.15, 0.2) is 0 Å². The van der Waals surface area contributed by atoms with Crippen molar-refractivity contribution in [1.29, 1.82) is 0 Å². The minimum Gasteiger partial charge on any atom is -0.371 e. The Balaban J connectivity index is 2.13. The zero-order chi connectivity index (χ0) is 9.59. The van der Waals surface area contributed by atoms with Gasteiger partial charge in [0.05, 0.1) is 19.3 Å². The third kappa shape index (κ3) is 1.19. The summed E-state index contributed by atoms with van der Waals surface area (Å²) in [6, 6.07) is -0.564. The van der Waals surface area contributed by atoms with Crippen LogP contribution in [-0.2, 0) is 14.3 Å². The van der Waals surface area contributed by atoms with E-state index >= 15 is 0 Å². The topological polar surface area (TPSA) is 70.2 Å². The molecule has 0 aromatic heterocycles. The Bertz CT molecular complexity index is 297. The Labute approximate surface area is 74.0 Å². The lowest BCUT2D eigenvalue weighted by molar-refractivity contribution is -0.142. The van der Waals surface area contributed by atoms with E-state index in [1.807, 2.05) is 0 Å². The number of urea groups is 1. The molecule has 4 amide bonds. The van der Waals surface area contributed by atoms with Crippen molar-refractivity contribution in [1.82, 2.24) is 9.80 Å². The van der Waals surface area contributed by atoms with E-state index in [1.54, 1.807) is 0 Å². The first-order chi connectivity index (χ1) is 6.11. The molecule has 0 bridgehead atoms. The summed E-state index contributed by atoms with van der Waals surface area (Å²) < 4.78 is 4.86. The quantitative estimate of drug-likeness (QED) is 0.307. The molecule has 70 valence electrons. The third-order valence-electron chi connectivity index (χ3n) is 2.04. The van der Waals surface area contributed by atoms with Gasteiger partial charge in [-0.15, -0.1) is 0 Å². The van der Waals surface area contributed by atoms with Crippen LogP contribution < -0.4 is 0 Å². The zero-order valence-corrected chi connectivity index (χ0v) is 7.02. The number of rotatable bonds is 2. The highest BCUT2D eigenvalue weighted by Crippen LogP contribution is 2.16. The van der Waals surface area contributed by atoms with Gasteiger partial charge in [-0.2, -0.15) is 0 Å². The Morgan fingerprint density at radius 1 is 1.38 bits per heavy atom. The smallest absolute Gasteiger partial charge is 0.334 e. The first kappa shape index (κ1) is 8.18. The summed E-state index contributed by atoms with van der Waals surface area (Å²) in [5.41, 5.74) is 0. The molecule has 0 saturated carbocycles. The van der Waals surface area contributed by atoms with Crippen LogP contribution in [0.25, 0.3) is 0 Å². The second-order valence-electron chi connectivity index (χ2n) is 3.02. The molecule has 0 radical (unpaired) electrons. The predicted octanol–water partition coefficient (Wildman–Crippen LogP) is -1.19. The number of carbonyl (C=O) groups excluding carboxylic acids is 3. The summed E-state index contributed by atoms with van der Waals surface area (Å²) in [6.45, 7) is 0.739. The van der Waals surface area contributed by atoms with Gasteiger partial charge in [-0.3, -0.25) is 19.4 Å². The van der Waals surface area contributed by atoms with Crippen molar-refractivity contribution in [3.05, 3.63) is 0 Å². The second kappa shape index (κ2) is 2.53. The van der Waals surface area contributed by atoms with Crippen LogP contribution in [0.3, 0.4) is 0 Å². The van der Waals surface area contributed by atoms with Crippen LogP contribution in [-0.4, -0.2) is 53.9 Å². The fourth-order valence-corrected chi connectivity index (χ4v) is 1.15. The first-order valence-corrected chi connectivity index (χ1v) is 3.86. The maximum atomic E-state index is 11.2. The number of imide groups is 2. The molecule has 1 atom stereocenters. The molecular formula is C7H8N2O4. The van der Waals surface area contributed by atoms with Gasteiger partial charge in [0.25, 0.3) is 0 Å². The van der Waals surface area contributed by atoms with Gasteiger partial charge in [-0.25, -0.2) is 4.79 Å².